The fraction of sp³-hybridized carbons (Fsp3) is 0.571. The van der Waals surface area contributed by atoms with E-state index in [1.807, 2.05) is 0 Å². The minimum Gasteiger partial charge on any atom is -0.381 e. The number of hydrogen-bond donors (Lipinski definition) is 2. The predicted octanol–water partition coefficient (Wildman–Crippen LogP) is 3.48. The summed E-state index contributed by atoms with van der Waals surface area (Å²) in [7, 11) is -3.65. The largest absolute Gasteiger partial charge is 0.381 e. The van der Waals surface area contributed by atoms with Crippen molar-refractivity contribution in [3.63, 3.8) is 0 Å². The Hall–Kier alpha value is -0.590. The molecule has 2 atom stereocenters. The van der Waals surface area contributed by atoms with E-state index in [-0.39, 0.29) is 4.90 Å². The van der Waals surface area contributed by atoms with Crippen molar-refractivity contribution in [1.29, 1.82) is 0 Å². The quantitative estimate of drug-likeness (QED) is 0.863. The van der Waals surface area contributed by atoms with Crippen molar-refractivity contribution in [3.8, 4) is 0 Å². The van der Waals surface area contributed by atoms with Crippen LogP contribution < -0.4 is 10.5 Å². The zero-order chi connectivity index (χ0) is 14.8. The first-order valence-corrected chi connectivity index (χ1v) is 9.33. The molecule has 20 heavy (non-hydrogen) atoms. The number of rotatable bonds is 4. The summed E-state index contributed by atoms with van der Waals surface area (Å²) in [6, 6.07) is 5.34. The van der Waals surface area contributed by atoms with Gasteiger partial charge in [-0.15, -0.1) is 0 Å². The summed E-state index contributed by atoms with van der Waals surface area (Å²) in [5.41, 5.74) is 0.930. The molecule has 1 aliphatic rings. The fourth-order valence-corrected chi connectivity index (χ4v) is 3.99. The number of nitrogens with two attached hydrogens (primary N) is 1. The normalized spacial score (nSPS) is 23.6. The molecule has 0 spiro atoms. The smallest absolute Gasteiger partial charge is 0.238 e. The SMILES string of the molecule is CCC1CCCC(Nc2ccc(S(N)(=O)=O)cc2Br)C1. The van der Waals surface area contributed by atoms with Crippen molar-refractivity contribution in [3.05, 3.63) is 22.7 Å². The summed E-state index contributed by atoms with van der Waals surface area (Å²) >= 11 is 3.42. The van der Waals surface area contributed by atoms with E-state index in [1.54, 1.807) is 18.2 Å². The number of halogens is 1. The second kappa shape index (κ2) is 6.45. The molecule has 1 aromatic rings. The van der Waals surface area contributed by atoms with Crippen LogP contribution in [0.4, 0.5) is 5.69 Å². The summed E-state index contributed by atoms with van der Waals surface area (Å²) in [6.07, 6.45) is 6.15. The highest BCUT2D eigenvalue weighted by Gasteiger charge is 2.21. The van der Waals surface area contributed by atoms with Gasteiger partial charge in [0.05, 0.1) is 4.90 Å². The first-order chi connectivity index (χ1) is 9.40. The topological polar surface area (TPSA) is 72.2 Å². The molecule has 1 aromatic carbocycles. The van der Waals surface area contributed by atoms with Gasteiger partial charge >= 0.3 is 0 Å². The maximum atomic E-state index is 11.3. The van der Waals surface area contributed by atoms with E-state index in [0.29, 0.717) is 6.04 Å². The molecule has 3 N–H and O–H groups in total. The molecule has 4 nitrogen and oxygen atoms in total. The van der Waals surface area contributed by atoms with E-state index in [9.17, 15) is 8.42 Å². The molecule has 112 valence electrons. The van der Waals surface area contributed by atoms with Crippen LogP contribution in [0.25, 0.3) is 0 Å². The summed E-state index contributed by atoms with van der Waals surface area (Å²) in [5.74, 6) is 0.795. The van der Waals surface area contributed by atoms with Gasteiger partial charge in [-0.2, -0.15) is 0 Å². The van der Waals surface area contributed by atoms with Crippen LogP contribution in [0.1, 0.15) is 39.0 Å². The Kier molecular flexibility index (Phi) is 5.09. The Morgan fingerprint density at radius 3 is 2.75 bits per heavy atom. The van der Waals surface area contributed by atoms with Crippen molar-refractivity contribution in [2.24, 2.45) is 11.1 Å². The fourth-order valence-electron chi connectivity index (χ4n) is 2.80. The van der Waals surface area contributed by atoms with E-state index in [0.717, 1.165) is 16.1 Å². The van der Waals surface area contributed by atoms with Crippen LogP contribution in [-0.4, -0.2) is 14.5 Å². The minimum atomic E-state index is -3.65. The van der Waals surface area contributed by atoms with Gasteiger partial charge in [-0.25, -0.2) is 13.6 Å². The van der Waals surface area contributed by atoms with Gasteiger partial charge in [0, 0.05) is 16.2 Å². The molecule has 0 aromatic heterocycles. The van der Waals surface area contributed by atoms with Gasteiger partial charge in [0.25, 0.3) is 0 Å². The van der Waals surface area contributed by atoms with Gasteiger partial charge in [0.1, 0.15) is 0 Å². The van der Waals surface area contributed by atoms with E-state index in [1.165, 1.54) is 32.1 Å². The van der Waals surface area contributed by atoms with Crippen LogP contribution >= 0.6 is 15.9 Å². The lowest BCUT2D eigenvalue weighted by Crippen LogP contribution is -2.27. The summed E-state index contributed by atoms with van der Waals surface area (Å²) < 4.78 is 23.3. The zero-order valence-corrected chi connectivity index (χ0v) is 14.0. The first-order valence-electron chi connectivity index (χ1n) is 6.99. The Morgan fingerprint density at radius 1 is 1.40 bits per heavy atom. The van der Waals surface area contributed by atoms with Crippen LogP contribution in [0.15, 0.2) is 27.6 Å². The summed E-state index contributed by atoms with van der Waals surface area (Å²) in [5, 5.41) is 8.64. The molecule has 1 saturated carbocycles. The molecule has 1 fully saturated rings. The standard InChI is InChI=1S/C14H21BrN2O2S/c1-2-10-4-3-5-11(8-10)17-14-7-6-12(9-13(14)15)20(16,18)19/h6-7,9-11,17H,2-5,8H2,1H3,(H2,16,18,19). The Bertz CT molecular complexity index is 575. The van der Waals surface area contributed by atoms with Gasteiger partial charge in [0.15, 0.2) is 0 Å². The second-order valence-electron chi connectivity index (χ2n) is 5.47. The average molecular weight is 361 g/mol. The molecular weight excluding hydrogens is 340 g/mol. The van der Waals surface area contributed by atoms with Gasteiger partial charge in [0.2, 0.25) is 10.0 Å². The molecular formula is C14H21BrN2O2S. The van der Waals surface area contributed by atoms with Crippen LogP contribution in [0.3, 0.4) is 0 Å². The van der Waals surface area contributed by atoms with E-state index in [2.05, 4.69) is 28.2 Å². The number of anilines is 1. The van der Waals surface area contributed by atoms with E-state index < -0.39 is 10.0 Å². The van der Waals surface area contributed by atoms with Gasteiger partial charge < -0.3 is 5.32 Å². The third-order valence-corrected chi connectivity index (χ3v) is 5.56. The highest BCUT2D eigenvalue weighted by atomic mass is 79.9. The number of nitrogens with one attached hydrogen (secondary N) is 1. The third-order valence-electron chi connectivity index (χ3n) is 3.99. The van der Waals surface area contributed by atoms with Crippen LogP contribution in [0.2, 0.25) is 0 Å². The average Bonchev–Trinajstić information content (AvgIpc) is 2.40. The lowest BCUT2D eigenvalue weighted by molar-refractivity contribution is 0.327. The number of hydrogen-bond acceptors (Lipinski definition) is 3. The van der Waals surface area contributed by atoms with Gasteiger partial charge in [-0.3, -0.25) is 0 Å². The summed E-state index contributed by atoms with van der Waals surface area (Å²) in [6.45, 7) is 2.24. The first kappa shape index (κ1) is 15.8. The van der Waals surface area contributed by atoms with Crippen LogP contribution in [0.5, 0.6) is 0 Å². The van der Waals surface area contributed by atoms with Crippen LogP contribution in [-0.2, 0) is 10.0 Å². The third kappa shape index (κ3) is 3.96. The van der Waals surface area contributed by atoms with E-state index >= 15 is 0 Å². The number of primary sulfonamides is 1. The van der Waals surface area contributed by atoms with Crippen molar-refractivity contribution in [2.45, 2.75) is 50.0 Å². The molecule has 1 aliphatic carbocycles. The van der Waals surface area contributed by atoms with Crippen LogP contribution in [0, 0.1) is 5.92 Å². The van der Waals surface area contributed by atoms with Crippen molar-refractivity contribution >= 4 is 31.6 Å². The van der Waals surface area contributed by atoms with Gasteiger partial charge in [-0.05, 0) is 52.9 Å². The van der Waals surface area contributed by atoms with Crippen molar-refractivity contribution in [1.82, 2.24) is 0 Å². The molecule has 0 bridgehead atoms. The monoisotopic (exact) mass is 360 g/mol. The zero-order valence-electron chi connectivity index (χ0n) is 11.6. The molecule has 0 aliphatic heterocycles. The Balaban J connectivity index is 2.10. The Morgan fingerprint density at radius 2 is 2.15 bits per heavy atom. The highest BCUT2D eigenvalue weighted by Crippen LogP contribution is 2.31. The molecule has 2 unspecified atom stereocenters. The van der Waals surface area contributed by atoms with Gasteiger partial charge in [-0.1, -0.05) is 26.2 Å². The maximum absolute atomic E-state index is 11.3. The maximum Gasteiger partial charge on any atom is 0.238 e. The molecule has 6 heteroatoms. The predicted molar refractivity (Wildman–Crippen MR) is 85.2 cm³/mol. The molecule has 0 radical (unpaired) electrons. The minimum absolute atomic E-state index is 0.130. The lowest BCUT2D eigenvalue weighted by atomic mass is 9.84. The molecule has 0 saturated heterocycles. The van der Waals surface area contributed by atoms with Crippen molar-refractivity contribution in [2.75, 3.05) is 5.32 Å². The molecule has 0 heterocycles. The molecule has 2 rings (SSSR count). The summed E-state index contributed by atoms with van der Waals surface area (Å²) in [4.78, 5) is 0.130. The second-order valence-corrected chi connectivity index (χ2v) is 7.88. The van der Waals surface area contributed by atoms with E-state index in [4.69, 9.17) is 5.14 Å². The lowest BCUT2D eigenvalue weighted by Gasteiger charge is -2.30. The number of sulfonamides is 1. The molecule has 0 amide bonds. The Labute approximate surface area is 129 Å². The number of benzene rings is 1. The highest BCUT2D eigenvalue weighted by molar-refractivity contribution is 9.10. The van der Waals surface area contributed by atoms with Crippen molar-refractivity contribution < 1.29 is 8.42 Å².